The number of hydrogen-bond acceptors (Lipinski definition) is 3. The third-order valence-electron chi connectivity index (χ3n) is 3.95. The van der Waals surface area contributed by atoms with Crippen molar-refractivity contribution in [3.63, 3.8) is 0 Å². The summed E-state index contributed by atoms with van der Waals surface area (Å²) >= 11 is 0. The van der Waals surface area contributed by atoms with Crippen LogP contribution in [0.15, 0.2) is 66.2 Å². The van der Waals surface area contributed by atoms with Crippen LogP contribution in [-0.4, -0.2) is 19.0 Å². The highest BCUT2D eigenvalue weighted by Crippen LogP contribution is 2.21. The highest BCUT2D eigenvalue weighted by molar-refractivity contribution is 5.91. The van der Waals surface area contributed by atoms with Gasteiger partial charge in [0.1, 0.15) is 12.4 Å². The van der Waals surface area contributed by atoms with Crippen LogP contribution in [0.4, 0.5) is 5.69 Å². The third kappa shape index (κ3) is 5.99. The van der Waals surface area contributed by atoms with Crippen molar-refractivity contribution >= 4 is 11.6 Å². The van der Waals surface area contributed by atoms with Crippen molar-refractivity contribution < 1.29 is 9.53 Å². The summed E-state index contributed by atoms with van der Waals surface area (Å²) in [5.74, 6) is 0.467. The number of hydrogen-bond donors (Lipinski definition) is 1. The number of nitrogens with two attached hydrogens (primary N) is 1. The van der Waals surface area contributed by atoms with Crippen LogP contribution < -0.4 is 15.4 Å². The lowest BCUT2D eigenvalue weighted by Gasteiger charge is -2.23. The molecule has 0 radical (unpaired) electrons. The van der Waals surface area contributed by atoms with E-state index < -0.39 is 0 Å². The zero-order valence-electron chi connectivity index (χ0n) is 14.9. The van der Waals surface area contributed by atoms with Gasteiger partial charge in [0.2, 0.25) is 5.91 Å². The molecule has 2 N–H and O–H groups in total. The standard InChI is InChI=1S/C21H26N2O2/c1-3-14-23(15-13-17(2)21(22)24)19-9-11-20(12-10-19)25-16-18-7-5-4-6-8-18/h4-13H,3,14-16H2,1-2H3,(H2,22,24). The molecule has 0 aliphatic carbocycles. The number of anilines is 1. The van der Waals surface area contributed by atoms with Gasteiger partial charge in [-0.15, -0.1) is 0 Å². The highest BCUT2D eigenvalue weighted by atomic mass is 16.5. The first-order valence-corrected chi connectivity index (χ1v) is 8.58. The smallest absolute Gasteiger partial charge is 0.244 e. The molecule has 2 rings (SSSR count). The Balaban J connectivity index is 1.99. The van der Waals surface area contributed by atoms with Gasteiger partial charge >= 0.3 is 0 Å². The van der Waals surface area contributed by atoms with E-state index in [9.17, 15) is 4.79 Å². The molecule has 0 aliphatic heterocycles. The minimum Gasteiger partial charge on any atom is -0.489 e. The number of rotatable bonds is 9. The van der Waals surface area contributed by atoms with Crippen molar-refractivity contribution in [1.29, 1.82) is 0 Å². The highest BCUT2D eigenvalue weighted by Gasteiger charge is 2.06. The van der Waals surface area contributed by atoms with E-state index in [-0.39, 0.29) is 5.91 Å². The van der Waals surface area contributed by atoms with Crippen LogP contribution in [0.5, 0.6) is 5.75 Å². The summed E-state index contributed by atoms with van der Waals surface area (Å²) in [4.78, 5) is 13.4. The molecule has 2 aromatic rings. The number of carbonyl (C=O) groups excluding carboxylic acids is 1. The van der Waals surface area contributed by atoms with E-state index in [0.717, 1.165) is 30.0 Å². The van der Waals surface area contributed by atoms with Gasteiger partial charge in [-0.3, -0.25) is 4.79 Å². The van der Waals surface area contributed by atoms with E-state index in [1.807, 2.05) is 60.7 Å². The van der Waals surface area contributed by atoms with Gasteiger partial charge in [-0.25, -0.2) is 0 Å². The monoisotopic (exact) mass is 338 g/mol. The second-order valence-corrected chi connectivity index (χ2v) is 5.97. The quantitative estimate of drug-likeness (QED) is 0.705. The van der Waals surface area contributed by atoms with Gasteiger partial charge in [0, 0.05) is 24.4 Å². The molecular formula is C21H26N2O2. The van der Waals surface area contributed by atoms with Gasteiger partial charge in [-0.05, 0) is 43.2 Å². The first kappa shape index (κ1) is 18.6. The van der Waals surface area contributed by atoms with E-state index in [1.54, 1.807) is 6.92 Å². The SMILES string of the molecule is CCCN(CC=C(C)C(N)=O)c1ccc(OCc2ccccc2)cc1. The Kier molecular flexibility index (Phi) is 7.08. The Morgan fingerprint density at radius 1 is 1.12 bits per heavy atom. The van der Waals surface area contributed by atoms with Gasteiger partial charge in [0.05, 0.1) is 0 Å². The fourth-order valence-electron chi connectivity index (χ4n) is 2.44. The minimum atomic E-state index is -0.374. The molecule has 0 heterocycles. The Labute approximate surface area is 149 Å². The first-order chi connectivity index (χ1) is 12.1. The van der Waals surface area contributed by atoms with E-state index in [1.165, 1.54) is 0 Å². The fourth-order valence-corrected chi connectivity index (χ4v) is 2.44. The van der Waals surface area contributed by atoms with Crippen LogP contribution in [-0.2, 0) is 11.4 Å². The molecule has 2 aromatic carbocycles. The second-order valence-electron chi connectivity index (χ2n) is 5.97. The van der Waals surface area contributed by atoms with Crippen LogP contribution in [0.3, 0.4) is 0 Å². The summed E-state index contributed by atoms with van der Waals surface area (Å²) in [6, 6.07) is 18.1. The second kappa shape index (κ2) is 9.52. The van der Waals surface area contributed by atoms with Crippen LogP contribution in [0.1, 0.15) is 25.8 Å². The number of ether oxygens (including phenoxy) is 1. The van der Waals surface area contributed by atoms with Gasteiger partial charge in [-0.2, -0.15) is 0 Å². The van der Waals surface area contributed by atoms with Gasteiger partial charge in [-0.1, -0.05) is 43.3 Å². The van der Waals surface area contributed by atoms with Crippen molar-refractivity contribution in [2.24, 2.45) is 5.73 Å². The van der Waals surface area contributed by atoms with Crippen molar-refractivity contribution in [3.05, 3.63) is 71.8 Å². The maximum absolute atomic E-state index is 11.2. The summed E-state index contributed by atoms with van der Waals surface area (Å²) in [7, 11) is 0. The maximum atomic E-state index is 11.2. The molecule has 0 saturated carbocycles. The molecule has 0 bridgehead atoms. The number of carbonyl (C=O) groups is 1. The molecule has 1 amide bonds. The van der Waals surface area contributed by atoms with Crippen molar-refractivity contribution in [3.8, 4) is 5.75 Å². The van der Waals surface area contributed by atoms with Crippen molar-refractivity contribution in [2.45, 2.75) is 26.9 Å². The van der Waals surface area contributed by atoms with Gasteiger partial charge in [0.25, 0.3) is 0 Å². The molecule has 25 heavy (non-hydrogen) atoms. The number of benzene rings is 2. The average Bonchev–Trinajstić information content (AvgIpc) is 2.64. The molecule has 0 unspecified atom stereocenters. The first-order valence-electron chi connectivity index (χ1n) is 8.58. The molecule has 0 saturated heterocycles. The van der Waals surface area contributed by atoms with Crippen molar-refractivity contribution in [1.82, 2.24) is 0 Å². The van der Waals surface area contributed by atoms with Gasteiger partial charge in [0.15, 0.2) is 0 Å². The topological polar surface area (TPSA) is 55.6 Å². The number of amides is 1. The predicted molar refractivity (Wildman–Crippen MR) is 103 cm³/mol. The lowest BCUT2D eigenvalue weighted by molar-refractivity contribution is -0.114. The average molecular weight is 338 g/mol. The molecule has 0 aromatic heterocycles. The molecular weight excluding hydrogens is 312 g/mol. The molecule has 4 nitrogen and oxygen atoms in total. The molecule has 0 fully saturated rings. The molecule has 0 spiro atoms. The Hall–Kier alpha value is -2.75. The Bertz CT molecular complexity index is 694. The van der Waals surface area contributed by atoms with Crippen LogP contribution in [0.2, 0.25) is 0 Å². The van der Waals surface area contributed by atoms with E-state index in [2.05, 4.69) is 11.8 Å². The summed E-state index contributed by atoms with van der Waals surface area (Å²) in [6.07, 6.45) is 2.90. The van der Waals surface area contributed by atoms with E-state index >= 15 is 0 Å². The van der Waals surface area contributed by atoms with Crippen molar-refractivity contribution in [2.75, 3.05) is 18.0 Å². The number of primary amides is 1. The van der Waals surface area contributed by atoms with Crippen LogP contribution in [0.25, 0.3) is 0 Å². The molecule has 4 heteroatoms. The fraction of sp³-hybridized carbons (Fsp3) is 0.286. The largest absolute Gasteiger partial charge is 0.489 e. The summed E-state index contributed by atoms with van der Waals surface area (Å²) in [5.41, 5.74) is 8.12. The summed E-state index contributed by atoms with van der Waals surface area (Å²) in [6.45, 7) is 6.00. The predicted octanol–water partition coefficient (Wildman–Crippen LogP) is 3.91. The Morgan fingerprint density at radius 2 is 1.80 bits per heavy atom. The summed E-state index contributed by atoms with van der Waals surface area (Å²) in [5, 5.41) is 0. The normalized spacial score (nSPS) is 11.2. The van der Waals surface area contributed by atoms with Crippen LogP contribution in [0, 0.1) is 0 Å². The molecule has 132 valence electrons. The maximum Gasteiger partial charge on any atom is 0.244 e. The zero-order chi connectivity index (χ0) is 18.1. The van der Waals surface area contributed by atoms with Crippen LogP contribution >= 0.6 is 0 Å². The zero-order valence-corrected chi connectivity index (χ0v) is 14.9. The van der Waals surface area contributed by atoms with Gasteiger partial charge < -0.3 is 15.4 Å². The van der Waals surface area contributed by atoms with E-state index in [0.29, 0.717) is 18.7 Å². The third-order valence-corrected chi connectivity index (χ3v) is 3.95. The lowest BCUT2D eigenvalue weighted by Crippen LogP contribution is -2.25. The molecule has 0 atom stereocenters. The Morgan fingerprint density at radius 3 is 2.40 bits per heavy atom. The lowest BCUT2D eigenvalue weighted by atomic mass is 10.2. The minimum absolute atomic E-state index is 0.374. The number of nitrogens with zero attached hydrogens (tertiary/aromatic N) is 1. The van der Waals surface area contributed by atoms with E-state index in [4.69, 9.17) is 10.5 Å². The summed E-state index contributed by atoms with van der Waals surface area (Å²) < 4.78 is 5.82. The molecule has 0 aliphatic rings.